The minimum atomic E-state index is 0.468. The molecule has 2 N–H and O–H groups in total. The molecule has 1 aromatic rings. The van der Waals surface area contributed by atoms with E-state index in [1.54, 1.807) is 0 Å². The molecular formula is C14H25N3. The molecule has 3 heteroatoms. The first-order valence-electron chi connectivity index (χ1n) is 6.80. The van der Waals surface area contributed by atoms with Gasteiger partial charge in [0.15, 0.2) is 5.95 Å². The van der Waals surface area contributed by atoms with Crippen molar-refractivity contribution in [3.63, 3.8) is 0 Å². The zero-order chi connectivity index (χ0) is 12.5. The normalized spacial score (nSPS) is 19.1. The molecular weight excluding hydrogens is 210 g/mol. The molecule has 96 valence electrons. The number of nitrogens with two attached hydrogens (primary N) is 1. The molecule has 2 rings (SSSR count). The summed E-state index contributed by atoms with van der Waals surface area (Å²) in [7, 11) is 0. The molecule has 0 aromatic carbocycles. The summed E-state index contributed by atoms with van der Waals surface area (Å²) in [6.45, 7) is 7.71. The summed E-state index contributed by atoms with van der Waals surface area (Å²) in [5, 5.41) is 0. The van der Waals surface area contributed by atoms with Crippen molar-refractivity contribution in [2.75, 3.05) is 5.73 Å². The maximum absolute atomic E-state index is 5.96. The van der Waals surface area contributed by atoms with Gasteiger partial charge in [0.25, 0.3) is 0 Å². The minimum Gasteiger partial charge on any atom is -0.369 e. The number of aryl methyl sites for hydroxylation is 1. The lowest BCUT2D eigenvalue weighted by atomic mass is 9.78. The highest BCUT2D eigenvalue weighted by Crippen LogP contribution is 2.44. The Balaban J connectivity index is 2.15. The SMILES string of the molecule is Cc1cn(CC2(CC(C)C)CCCC2)c(N)n1. The second kappa shape index (κ2) is 4.71. The van der Waals surface area contributed by atoms with Crippen molar-refractivity contribution >= 4 is 5.95 Å². The summed E-state index contributed by atoms with van der Waals surface area (Å²) in [5.74, 6) is 1.44. The van der Waals surface area contributed by atoms with Crippen LogP contribution in [0.5, 0.6) is 0 Å². The Morgan fingerprint density at radius 2 is 2.06 bits per heavy atom. The van der Waals surface area contributed by atoms with Crippen molar-refractivity contribution in [3.05, 3.63) is 11.9 Å². The van der Waals surface area contributed by atoms with E-state index in [1.807, 2.05) is 6.92 Å². The van der Waals surface area contributed by atoms with Crippen LogP contribution in [0, 0.1) is 18.3 Å². The fourth-order valence-electron chi connectivity index (χ4n) is 3.47. The summed E-state index contributed by atoms with van der Waals surface area (Å²) in [5.41, 5.74) is 7.46. The summed E-state index contributed by atoms with van der Waals surface area (Å²) < 4.78 is 2.16. The molecule has 1 saturated carbocycles. The van der Waals surface area contributed by atoms with Crippen LogP contribution in [0.15, 0.2) is 6.20 Å². The van der Waals surface area contributed by atoms with Crippen LogP contribution in [-0.4, -0.2) is 9.55 Å². The summed E-state index contributed by atoms with van der Waals surface area (Å²) in [4.78, 5) is 4.30. The maximum Gasteiger partial charge on any atom is 0.200 e. The van der Waals surface area contributed by atoms with Gasteiger partial charge in [-0.3, -0.25) is 0 Å². The molecule has 0 radical (unpaired) electrons. The van der Waals surface area contributed by atoms with Gasteiger partial charge in [-0.1, -0.05) is 26.7 Å². The summed E-state index contributed by atoms with van der Waals surface area (Å²) in [6.07, 6.45) is 8.85. The molecule has 3 nitrogen and oxygen atoms in total. The van der Waals surface area contributed by atoms with Gasteiger partial charge < -0.3 is 10.3 Å². The van der Waals surface area contributed by atoms with E-state index >= 15 is 0 Å². The van der Waals surface area contributed by atoms with Gasteiger partial charge in [0.1, 0.15) is 0 Å². The van der Waals surface area contributed by atoms with Crippen LogP contribution in [0.25, 0.3) is 0 Å². The van der Waals surface area contributed by atoms with E-state index in [2.05, 4.69) is 29.6 Å². The molecule has 1 aliphatic rings. The Morgan fingerprint density at radius 1 is 1.41 bits per heavy atom. The van der Waals surface area contributed by atoms with E-state index in [1.165, 1.54) is 32.1 Å². The zero-order valence-electron chi connectivity index (χ0n) is 11.4. The summed E-state index contributed by atoms with van der Waals surface area (Å²) >= 11 is 0. The highest BCUT2D eigenvalue weighted by molar-refractivity contribution is 5.21. The van der Waals surface area contributed by atoms with Crippen LogP contribution in [0.3, 0.4) is 0 Å². The average Bonchev–Trinajstić information content (AvgIpc) is 2.75. The smallest absolute Gasteiger partial charge is 0.200 e. The van der Waals surface area contributed by atoms with Crippen LogP contribution in [0.1, 0.15) is 51.6 Å². The number of aromatic nitrogens is 2. The highest BCUT2D eigenvalue weighted by atomic mass is 15.1. The van der Waals surface area contributed by atoms with E-state index in [-0.39, 0.29) is 0 Å². The van der Waals surface area contributed by atoms with E-state index in [0.29, 0.717) is 11.4 Å². The Hall–Kier alpha value is -0.990. The molecule has 17 heavy (non-hydrogen) atoms. The monoisotopic (exact) mass is 235 g/mol. The first-order chi connectivity index (χ1) is 8.01. The molecule has 1 heterocycles. The second-order valence-corrected chi connectivity index (χ2v) is 6.17. The largest absolute Gasteiger partial charge is 0.369 e. The van der Waals surface area contributed by atoms with Gasteiger partial charge in [0, 0.05) is 12.7 Å². The van der Waals surface area contributed by atoms with Crippen LogP contribution in [0.4, 0.5) is 5.95 Å². The van der Waals surface area contributed by atoms with Gasteiger partial charge in [0.2, 0.25) is 0 Å². The molecule has 1 aliphatic carbocycles. The van der Waals surface area contributed by atoms with Gasteiger partial charge >= 0.3 is 0 Å². The molecule has 0 bridgehead atoms. The highest BCUT2D eigenvalue weighted by Gasteiger charge is 2.35. The van der Waals surface area contributed by atoms with Crippen molar-refractivity contribution in [2.45, 2.75) is 59.4 Å². The van der Waals surface area contributed by atoms with Gasteiger partial charge in [-0.05, 0) is 37.5 Å². The Morgan fingerprint density at radius 3 is 2.53 bits per heavy atom. The quantitative estimate of drug-likeness (QED) is 0.869. The lowest BCUT2D eigenvalue weighted by molar-refractivity contribution is 0.198. The number of nitrogens with zero attached hydrogens (tertiary/aromatic N) is 2. The van der Waals surface area contributed by atoms with Crippen LogP contribution < -0.4 is 5.73 Å². The van der Waals surface area contributed by atoms with Gasteiger partial charge in [-0.2, -0.15) is 0 Å². The summed E-state index contributed by atoms with van der Waals surface area (Å²) in [6, 6.07) is 0. The maximum atomic E-state index is 5.96. The first kappa shape index (κ1) is 12.5. The predicted octanol–water partition coefficient (Wildman–Crippen LogP) is 3.38. The second-order valence-electron chi connectivity index (χ2n) is 6.17. The number of hydrogen-bond acceptors (Lipinski definition) is 2. The lowest BCUT2D eigenvalue weighted by Gasteiger charge is -2.31. The third-order valence-electron chi connectivity index (χ3n) is 3.94. The van der Waals surface area contributed by atoms with Crippen LogP contribution in [-0.2, 0) is 6.54 Å². The number of imidazole rings is 1. The molecule has 0 aliphatic heterocycles. The topological polar surface area (TPSA) is 43.8 Å². The van der Waals surface area contributed by atoms with Gasteiger partial charge in [-0.15, -0.1) is 0 Å². The Bertz CT molecular complexity index is 373. The molecule has 1 fully saturated rings. The third kappa shape index (κ3) is 2.82. The third-order valence-corrected chi connectivity index (χ3v) is 3.94. The Labute approximate surface area is 104 Å². The van der Waals surface area contributed by atoms with Crippen molar-refractivity contribution in [1.29, 1.82) is 0 Å². The lowest BCUT2D eigenvalue weighted by Crippen LogP contribution is -2.26. The standard InChI is InChI=1S/C14H25N3/c1-11(2)8-14(6-4-5-7-14)10-17-9-12(3)16-13(17)15/h9,11H,4-8,10H2,1-3H3,(H2,15,16). The Kier molecular flexibility index (Phi) is 3.45. The van der Waals surface area contributed by atoms with E-state index in [4.69, 9.17) is 5.73 Å². The van der Waals surface area contributed by atoms with Crippen LogP contribution in [0.2, 0.25) is 0 Å². The van der Waals surface area contributed by atoms with Crippen molar-refractivity contribution in [3.8, 4) is 0 Å². The minimum absolute atomic E-state index is 0.468. The molecule has 0 saturated heterocycles. The van der Waals surface area contributed by atoms with E-state index < -0.39 is 0 Å². The number of rotatable bonds is 4. The van der Waals surface area contributed by atoms with Crippen molar-refractivity contribution < 1.29 is 0 Å². The molecule has 1 aromatic heterocycles. The average molecular weight is 235 g/mol. The fourth-order valence-corrected chi connectivity index (χ4v) is 3.47. The van der Waals surface area contributed by atoms with Gasteiger partial charge in [0.05, 0.1) is 5.69 Å². The zero-order valence-corrected chi connectivity index (χ0v) is 11.4. The molecule has 0 amide bonds. The van der Waals surface area contributed by atoms with E-state index in [0.717, 1.165) is 18.2 Å². The predicted molar refractivity (Wildman–Crippen MR) is 71.7 cm³/mol. The number of nitrogen functional groups attached to an aromatic ring is 1. The van der Waals surface area contributed by atoms with Gasteiger partial charge in [-0.25, -0.2) is 4.98 Å². The molecule has 0 atom stereocenters. The number of hydrogen-bond donors (Lipinski definition) is 1. The van der Waals surface area contributed by atoms with Crippen molar-refractivity contribution in [2.24, 2.45) is 11.3 Å². The number of anilines is 1. The fraction of sp³-hybridized carbons (Fsp3) is 0.786. The molecule has 0 unspecified atom stereocenters. The van der Waals surface area contributed by atoms with E-state index in [9.17, 15) is 0 Å². The van der Waals surface area contributed by atoms with Crippen LogP contribution >= 0.6 is 0 Å². The first-order valence-corrected chi connectivity index (χ1v) is 6.80. The van der Waals surface area contributed by atoms with Crippen molar-refractivity contribution in [1.82, 2.24) is 9.55 Å². The molecule has 0 spiro atoms.